The predicted molar refractivity (Wildman–Crippen MR) is 74.5 cm³/mol. The Morgan fingerprint density at radius 2 is 2.28 bits per heavy atom. The average molecular weight is 328 g/mol. The Labute approximate surface area is 116 Å². The molecule has 2 N–H and O–H groups in total. The number of pyridine rings is 1. The number of rotatable bonds is 4. The van der Waals surface area contributed by atoms with Crippen molar-refractivity contribution in [1.29, 1.82) is 0 Å². The molecule has 0 saturated heterocycles. The van der Waals surface area contributed by atoms with Gasteiger partial charge in [0.1, 0.15) is 5.65 Å². The van der Waals surface area contributed by atoms with Crippen molar-refractivity contribution in [3.05, 3.63) is 44.9 Å². The van der Waals surface area contributed by atoms with Gasteiger partial charge in [-0.25, -0.2) is 4.98 Å². The SMILES string of the molecule is NC(=O)CSCc1cc(=O)n2cc(Br)ccc2n1. The number of nitrogens with zero attached hydrogens (tertiary/aromatic N) is 2. The van der Waals surface area contributed by atoms with Gasteiger partial charge in [-0.15, -0.1) is 11.8 Å². The molecule has 0 unspecified atom stereocenters. The van der Waals surface area contributed by atoms with Gasteiger partial charge in [0.25, 0.3) is 5.56 Å². The van der Waals surface area contributed by atoms with Gasteiger partial charge in [0, 0.05) is 22.5 Å². The van der Waals surface area contributed by atoms with Gasteiger partial charge in [0.15, 0.2) is 0 Å². The molecule has 0 aliphatic carbocycles. The van der Waals surface area contributed by atoms with Gasteiger partial charge in [-0.3, -0.25) is 14.0 Å². The van der Waals surface area contributed by atoms with Crippen LogP contribution in [-0.2, 0) is 10.5 Å². The number of primary amides is 1. The van der Waals surface area contributed by atoms with Gasteiger partial charge in [0.2, 0.25) is 5.91 Å². The van der Waals surface area contributed by atoms with E-state index in [0.29, 0.717) is 17.1 Å². The number of carbonyl (C=O) groups excluding carboxylic acids is 1. The highest BCUT2D eigenvalue weighted by atomic mass is 79.9. The zero-order valence-electron chi connectivity index (χ0n) is 9.30. The fraction of sp³-hybridized carbons (Fsp3) is 0.182. The second kappa shape index (κ2) is 5.53. The van der Waals surface area contributed by atoms with E-state index in [4.69, 9.17) is 5.73 Å². The molecule has 5 nitrogen and oxygen atoms in total. The van der Waals surface area contributed by atoms with Crippen LogP contribution < -0.4 is 11.3 Å². The first-order valence-corrected chi connectivity index (χ1v) is 7.05. The third kappa shape index (κ3) is 3.11. The quantitative estimate of drug-likeness (QED) is 0.914. The van der Waals surface area contributed by atoms with E-state index in [-0.39, 0.29) is 17.2 Å². The van der Waals surface area contributed by atoms with E-state index in [0.717, 1.165) is 4.47 Å². The van der Waals surface area contributed by atoms with Crippen molar-refractivity contribution in [3.8, 4) is 0 Å². The zero-order valence-corrected chi connectivity index (χ0v) is 11.7. The molecule has 2 aromatic rings. The molecule has 2 rings (SSSR count). The van der Waals surface area contributed by atoms with Crippen LogP contribution >= 0.6 is 27.7 Å². The minimum absolute atomic E-state index is 0.143. The first-order chi connectivity index (χ1) is 8.56. The van der Waals surface area contributed by atoms with Gasteiger partial charge in [-0.05, 0) is 28.1 Å². The number of hydrogen-bond acceptors (Lipinski definition) is 4. The van der Waals surface area contributed by atoms with E-state index < -0.39 is 0 Å². The fourth-order valence-electron chi connectivity index (χ4n) is 1.46. The van der Waals surface area contributed by atoms with Crippen LogP contribution in [0, 0.1) is 0 Å². The van der Waals surface area contributed by atoms with Crippen molar-refractivity contribution in [2.75, 3.05) is 5.75 Å². The molecule has 2 aromatic heterocycles. The minimum Gasteiger partial charge on any atom is -0.369 e. The summed E-state index contributed by atoms with van der Waals surface area (Å²) in [7, 11) is 0. The Kier molecular flexibility index (Phi) is 4.03. The summed E-state index contributed by atoms with van der Waals surface area (Å²) in [5.41, 5.74) is 6.13. The van der Waals surface area contributed by atoms with E-state index >= 15 is 0 Å². The van der Waals surface area contributed by atoms with Gasteiger partial charge in [-0.2, -0.15) is 0 Å². The van der Waals surface area contributed by atoms with Gasteiger partial charge >= 0.3 is 0 Å². The standard InChI is InChI=1S/C11H10BrN3O2S/c12-7-1-2-10-14-8(5-18-6-9(13)16)3-11(17)15(10)4-7/h1-4H,5-6H2,(H2,13,16). The maximum atomic E-state index is 11.9. The molecule has 94 valence electrons. The minimum atomic E-state index is -0.374. The molecule has 0 atom stereocenters. The maximum Gasteiger partial charge on any atom is 0.258 e. The van der Waals surface area contributed by atoms with E-state index in [1.165, 1.54) is 22.2 Å². The fourth-order valence-corrected chi connectivity index (χ4v) is 2.45. The van der Waals surface area contributed by atoms with Crippen molar-refractivity contribution in [2.45, 2.75) is 5.75 Å². The predicted octanol–water partition coefficient (Wildman–Crippen LogP) is 1.18. The zero-order chi connectivity index (χ0) is 13.1. The summed E-state index contributed by atoms with van der Waals surface area (Å²) >= 11 is 4.64. The Balaban J connectivity index is 2.29. The monoisotopic (exact) mass is 327 g/mol. The van der Waals surface area contributed by atoms with Crippen LogP contribution in [0.5, 0.6) is 0 Å². The number of carbonyl (C=O) groups is 1. The Hall–Kier alpha value is -1.34. The molecule has 0 fully saturated rings. The highest BCUT2D eigenvalue weighted by molar-refractivity contribution is 9.10. The Bertz CT molecular complexity index is 656. The number of nitrogens with two attached hydrogens (primary N) is 1. The largest absolute Gasteiger partial charge is 0.369 e. The Morgan fingerprint density at radius 3 is 3.00 bits per heavy atom. The molecule has 0 aliphatic heterocycles. The van der Waals surface area contributed by atoms with Crippen molar-refractivity contribution < 1.29 is 4.79 Å². The summed E-state index contributed by atoms with van der Waals surface area (Å²) in [4.78, 5) is 26.8. The molecule has 0 spiro atoms. The summed E-state index contributed by atoms with van der Waals surface area (Å²) in [6.45, 7) is 0. The van der Waals surface area contributed by atoms with Crippen LogP contribution in [0.2, 0.25) is 0 Å². The normalized spacial score (nSPS) is 10.7. The second-order valence-electron chi connectivity index (χ2n) is 3.62. The Morgan fingerprint density at radius 1 is 1.50 bits per heavy atom. The first kappa shape index (κ1) is 13.1. The number of halogens is 1. The van der Waals surface area contributed by atoms with Crippen LogP contribution in [0.3, 0.4) is 0 Å². The van der Waals surface area contributed by atoms with Crippen LogP contribution in [-0.4, -0.2) is 21.0 Å². The van der Waals surface area contributed by atoms with Crippen molar-refractivity contribution in [3.63, 3.8) is 0 Å². The summed E-state index contributed by atoms with van der Waals surface area (Å²) in [6, 6.07) is 5.04. The van der Waals surface area contributed by atoms with Crippen LogP contribution in [0.15, 0.2) is 33.7 Å². The molecule has 1 amide bonds. The molecule has 2 heterocycles. The van der Waals surface area contributed by atoms with Gasteiger partial charge in [-0.1, -0.05) is 0 Å². The molecular formula is C11H10BrN3O2S. The molecule has 0 aromatic carbocycles. The number of fused-ring (bicyclic) bond motifs is 1. The van der Waals surface area contributed by atoms with Crippen LogP contribution in [0.25, 0.3) is 5.65 Å². The smallest absolute Gasteiger partial charge is 0.258 e. The third-order valence-electron chi connectivity index (χ3n) is 2.17. The molecule has 0 saturated carbocycles. The van der Waals surface area contributed by atoms with E-state index in [1.54, 1.807) is 12.3 Å². The van der Waals surface area contributed by atoms with Crippen molar-refractivity contribution >= 4 is 39.2 Å². The molecule has 0 aliphatic rings. The maximum absolute atomic E-state index is 11.9. The third-order valence-corrected chi connectivity index (χ3v) is 3.63. The number of thioether (sulfide) groups is 1. The summed E-state index contributed by atoms with van der Waals surface area (Å²) in [6.07, 6.45) is 1.67. The topological polar surface area (TPSA) is 77.5 Å². The highest BCUT2D eigenvalue weighted by Gasteiger charge is 2.04. The van der Waals surface area contributed by atoms with Crippen molar-refractivity contribution in [2.24, 2.45) is 5.73 Å². The molecule has 18 heavy (non-hydrogen) atoms. The van der Waals surface area contributed by atoms with Crippen LogP contribution in [0.1, 0.15) is 5.69 Å². The lowest BCUT2D eigenvalue weighted by atomic mass is 10.4. The molecule has 7 heteroatoms. The van der Waals surface area contributed by atoms with Gasteiger partial charge in [0.05, 0.1) is 11.4 Å². The lowest BCUT2D eigenvalue weighted by Crippen LogP contribution is -2.16. The second-order valence-corrected chi connectivity index (χ2v) is 5.52. The first-order valence-electron chi connectivity index (χ1n) is 5.10. The number of hydrogen-bond donors (Lipinski definition) is 1. The molecule has 0 radical (unpaired) electrons. The lowest BCUT2D eigenvalue weighted by molar-refractivity contribution is -0.115. The number of amides is 1. The summed E-state index contributed by atoms with van der Waals surface area (Å²) in [5, 5.41) is 0. The molecule has 0 bridgehead atoms. The van der Waals surface area contributed by atoms with E-state index in [9.17, 15) is 9.59 Å². The highest BCUT2D eigenvalue weighted by Crippen LogP contribution is 2.12. The van der Waals surface area contributed by atoms with Crippen LogP contribution in [0.4, 0.5) is 0 Å². The van der Waals surface area contributed by atoms with E-state index in [2.05, 4.69) is 20.9 Å². The molecular weight excluding hydrogens is 318 g/mol. The van der Waals surface area contributed by atoms with E-state index in [1.807, 2.05) is 6.07 Å². The average Bonchev–Trinajstić information content (AvgIpc) is 2.30. The van der Waals surface area contributed by atoms with Crippen molar-refractivity contribution in [1.82, 2.24) is 9.38 Å². The lowest BCUT2D eigenvalue weighted by Gasteiger charge is -2.03. The van der Waals surface area contributed by atoms with Gasteiger partial charge < -0.3 is 5.73 Å². The number of aromatic nitrogens is 2. The summed E-state index contributed by atoms with van der Waals surface area (Å²) in [5.74, 6) is 0.341. The summed E-state index contributed by atoms with van der Waals surface area (Å²) < 4.78 is 2.28.